The first-order valence-electron chi connectivity index (χ1n) is 6.28. The molecule has 0 saturated carbocycles. The van der Waals surface area contributed by atoms with Crippen LogP contribution >= 0.6 is 0 Å². The van der Waals surface area contributed by atoms with E-state index < -0.39 is 5.97 Å². The fraction of sp³-hybridized carbons (Fsp3) is 0.833. The van der Waals surface area contributed by atoms with Crippen molar-refractivity contribution in [3.63, 3.8) is 0 Å². The van der Waals surface area contributed by atoms with Crippen molar-refractivity contribution in [2.45, 2.75) is 45.4 Å². The summed E-state index contributed by atoms with van der Waals surface area (Å²) < 4.78 is 0. The minimum atomic E-state index is -0.784. The molecule has 0 aromatic carbocycles. The maximum absolute atomic E-state index is 11.5. The normalized spacial score (nSPS) is 10.0. The molecule has 0 atom stereocenters. The monoisotopic (exact) mass is 244 g/mol. The van der Waals surface area contributed by atoms with Crippen LogP contribution in [0.25, 0.3) is 0 Å². The summed E-state index contributed by atoms with van der Waals surface area (Å²) in [6, 6.07) is -0.0728. The first-order valence-corrected chi connectivity index (χ1v) is 6.28. The van der Waals surface area contributed by atoms with Crippen molar-refractivity contribution in [1.82, 2.24) is 10.2 Å². The summed E-state index contributed by atoms with van der Waals surface area (Å²) in [4.78, 5) is 23.5. The lowest BCUT2D eigenvalue weighted by Gasteiger charge is -2.17. The molecule has 0 aliphatic heterocycles. The predicted octanol–water partition coefficient (Wildman–Crippen LogP) is 2.07. The molecule has 0 fully saturated rings. The Hall–Kier alpha value is -1.26. The second kappa shape index (κ2) is 9.93. The van der Waals surface area contributed by atoms with Gasteiger partial charge in [0, 0.05) is 26.6 Å². The van der Waals surface area contributed by atoms with E-state index in [0.29, 0.717) is 19.4 Å². The van der Waals surface area contributed by atoms with E-state index in [-0.39, 0.29) is 12.5 Å². The van der Waals surface area contributed by atoms with Gasteiger partial charge < -0.3 is 15.3 Å². The lowest BCUT2D eigenvalue weighted by molar-refractivity contribution is -0.137. The number of carbonyl (C=O) groups is 2. The van der Waals surface area contributed by atoms with Crippen LogP contribution in [-0.2, 0) is 4.79 Å². The fourth-order valence-electron chi connectivity index (χ4n) is 1.43. The summed E-state index contributed by atoms with van der Waals surface area (Å²) in [6.07, 6.45) is 4.79. The Morgan fingerprint density at radius 3 is 2.47 bits per heavy atom. The Balaban J connectivity index is 3.47. The van der Waals surface area contributed by atoms with Crippen LogP contribution in [0.5, 0.6) is 0 Å². The van der Waals surface area contributed by atoms with Gasteiger partial charge >= 0.3 is 12.0 Å². The van der Waals surface area contributed by atoms with E-state index in [1.54, 1.807) is 11.9 Å². The molecule has 0 unspecified atom stereocenters. The minimum Gasteiger partial charge on any atom is -0.481 e. The number of unbranched alkanes of at least 4 members (excludes halogenated alkanes) is 3. The van der Waals surface area contributed by atoms with Gasteiger partial charge in [0.25, 0.3) is 0 Å². The van der Waals surface area contributed by atoms with Crippen molar-refractivity contribution < 1.29 is 14.7 Å². The van der Waals surface area contributed by atoms with Crippen LogP contribution in [0, 0.1) is 0 Å². The summed E-state index contributed by atoms with van der Waals surface area (Å²) in [6.45, 7) is 3.45. The molecular formula is C12H24N2O3. The smallest absolute Gasteiger partial charge is 0.317 e. The van der Waals surface area contributed by atoms with Gasteiger partial charge in [0.05, 0.1) is 0 Å². The van der Waals surface area contributed by atoms with Crippen molar-refractivity contribution >= 4 is 12.0 Å². The molecule has 0 heterocycles. The van der Waals surface area contributed by atoms with Crippen LogP contribution in [0.1, 0.15) is 45.4 Å². The molecule has 0 aromatic rings. The maximum atomic E-state index is 11.5. The first-order chi connectivity index (χ1) is 8.07. The van der Waals surface area contributed by atoms with E-state index in [9.17, 15) is 9.59 Å². The number of nitrogens with zero attached hydrogens (tertiary/aromatic N) is 1. The molecule has 5 heteroatoms. The molecule has 100 valence electrons. The number of carboxylic acid groups (broad SMARTS) is 1. The van der Waals surface area contributed by atoms with E-state index >= 15 is 0 Å². The lowest BCUT2D eigenvalue weighted by Crippen LogP contribution is -2.38. The SMILES string of the molecule is CCCCCN(C)C(=O)NCCCCC(=O)O. The first kappa shape index (κ1) is 15.7. The number of rotatable bonds is 9. The molecule has 5 nitrogen and oxygen atoms in total. The zero-order valence-corrected chi connectivity index (χ0v) is 10.9. The van der Waals surface area contributed by atoms with Gasteiger partial charge in [-0.15, -0.1) is 0 Å². The quantitative estimate of drug-likeness (QED) is 0.610. The highest BCUT2D eigenvalue weighted by Gasteiger charge is 2.06. The Labute approximate surface area is 103 Å². The molecule has 2 N–H and O–H groups in total. The minimum absolute atomic E-state index is 0.0728. The molecule has 17 heavy (non-hydrogen) atoms. The number of urea groups is 1. The summed E-state index contributed by atoms with van der Waals surface area (Å²) in [5.41, 5.74) is 0. The topological polar surface area (TPSA) is 69.6 Å². The molecule has 0 bridgehead atoms. The summed E-state index contributed by atoms with van der Waals surface area (Å²) in [5, 5.41) is 11.2. The van der Waals surface area contributed by atoms with Crippen LogP contribution in [-0.4, -0.2) is 42.1 Å². The van der Waals surface area contributed by atoms with Gasteiger partial charge in [-0.1, -0.05) is 19.8 Å². The number of nitrogens with one attached hydrogen (secondary N) is 1. The third-order valence-corrected chi connectivity index (χ3v) is 2.54. The Morgan fingerprint density at radius 1 is 1.18 bits per heavy atom. The average Bonchev–Trinajstić information content (AvgIpc) is 2.28. The second-order valence-corrected chi connectivity index (χ2v) is 4.21. The van der Waals surface area contributed by atoms with Crippen molar-refractivity contribution in [2.75, 3.05) is 20.1 Å². The van der Waals surface area contributed by atoms with Gasteiger partial charge in [-0.05, 0) is 19.3 Å². The number of hydrogen-bond acceptors (Lipinski definition) is 2. The van der Waals surface area contributed by atoms with Crippen LogP contribution < -0.4 is 5.32 Å². The van der Waals surface area contributed by atoms with Crippen LogP contribution in [0.3, 0.4) is 0 Å². The summed E-state index contributed by atoms with van der Waals surface area (Å²) >= 11 is 0. The van der Waals surface area contributed by atoms with E-state index in [0.717, 1.165) is 25.8 Å². The molecule has 0 spiro atoms. The third-order valence-electron chi connectivity index (χ3n) is 2.54. The van der Waals surface area contributed by atoms with Crippen LogP contribution in [0.2, 0.25) is 0 Å². The molecule has 0 aromatic heterocycles. The van der Waals surface area contributed by atoms with E-state index in [1.165, 1.54) is 0 Å². The highest BCUT2D eigenvalue weighted by molar-refractivity contribution is 5.73. The van der Waals surface area contributed by atoms with Gasteiger partial charge in [0.2, 0.25) is 0 Å². The molecule has 0 rings (SSSR count). The number of carboxylic acids is 1. The Morgan fingerprint density at radius 2 is 1.88 bits per heavy atom. The molecule has 0 aliphatic rings. The highest BCUT2D eigenvalue weighted by atomic mass is 16.4. The van der Waals surface area contributed by atoms with Crippen molar-refractivity contribution in [1.29, 1.82) is 0 Å². The van der Waals surface area contributed by atoms with Crippen molar-refractivity contribution in [3.05, 3.63) is 0 Å². The van der Waals surface area contributed by atoms with Crippen LogP contribution in [0.15, 0.2) is 0 Å². The summed E-state index contributed by atoms with van der Waals surface area (Å²) in [5.74, 6) is -0.784. The zero-order chi connectivity index (χ0) is 13.1. The largest absolute Gasteiger partial charge is 0.481 e. The molecule has 0 saturated heterocycles. The van der Waals surface area contributed by atoms with Crippen molar-refractivity contribution in [3.8, 4) is 0 Å². The Bertz CT molecular complexity index is 232. The van der Waals surface area contributed by atoms with Gasteiger partial charge in [-0.25, -0.2) is 4.79 Å². The van der Waals surface area contributed by atoms with E-state index in [1.807, 2.05) is 0 Å². The lowest BCUT2D eigenvalue weighted by atomic mass is 10.2. The number of amides is 2. The number of carbonyl (C=O) groups excluding carboxylic acids is 1. The number of hydrogen-bond donors (Lipinski definition) is 2. The zero-order valence-electron chi connectivity index (χ0n) is 10.9. The summed E-state index contributed by atoms with van der Waals surface area (Å²) in [7, 11) is 1.78. The standard InChI is InChI=1S/C12H24N2O3/c1-3-4-7-10-14(2)12(17)13-9-6-5-8-11(15)16/h3-10H2,1-2H3,(H,13,17)(H,15,16). The molecule has 2 amide bonds. The molecular weight excluding hydrogens is 220 g/mol. The predicted molar refractivity (Wildman–Crippen MR) is 67.0 cm³/mol. The molecule has 0 aliphatic carbocycles. The fourth-order valence-corrected chi connectivity index (χ4v) is 1.43. The molecule has 0 radical (unpaired) electrons. The maximum Gasteiger partial charge on any atom is 0.317 e. The average molecular weight is 244 g/mol. The second-order valence-electron chi connectivity index (χ2n) is 4.21. The van der Waals surface area contributed by atoms with E-state index in [4.69, 9.17) is 5.11 Å². The van der Waals surface area contributed by atoms with Gasteiger partial charge in [-0.3, -0.25) is 4.79 Å². The number of aliphatic carboxylic acids is 1. The Kier molecular flexibility index (Phi) is 9.19. The van der Waals surface area contributed by atoms with E-state index in [2.05, 4.69) is 12.2 Å². The van der Waals surface area contributed by atoms with Gasteiger partial charge in [0.15, 0.2) is 0 Å². The van der Waals surface area contributed by atoms with Crippen LogP contribution in [0.4, 0.5) is 4.79 Å². The van der Waals surface area contributed by atoms with Gasteiger partial charge in [-0.2, -0.15) is 0 Å². The highest BCUT2D eigenvalue weighted by Crippen LogP contribution is 1.97. The van der Waals surface area contributed by atoms with Crippen molar-refractivity contribution in [2.24, 2.45) is 0 Å². The third kappa shape index (κ3) is 9.66. The van der Waals surface area contributed by atoms with Gasteiger partial charge in [0.1, 0.15) is 0 Å².